The lowest BCUT2D eigenvalue weighted by Gasteiger charge is -2.10. The van der Waals surface area contributed by atoms with Crippen molar-refractivity contribution in [3.05, 3.63) is 39.9 Å². The second-order valence-electron chi connectivity index (χ2n) is 3.97. The molecule has 0 saturated carbocycles. The van der Waals surface area contributed by atoms with E-state index in [1.807, 2.05) is 0 Å². The van der Waals surface area contributed by atoms with E-state index < -0.39 is 4.92 Å². The molecule has 1 atom stereocenters. The quantitative estimate of drug-likeness (QED) is 0.590. The topological polar surface area (TPSA) is 84.3 Å². The molecule has 1 heterocycles. The van der Waals surface area contributed by atoms with Crippen LogP contribution in [0.3, 0.4) is 0 Å². The first kappa shape index (κ1) is 11.5. The number of nitrogens with one attached hydrogen (secondary N) is 2. The predicted molar refractivity (Wildman–Crippen MR) is 61.4 cm³/mol. The second-order valence-corrected chi connectivity index (χ2v) is 3.97. The summed E-state index contributed by atoms with van der Waals surface area (Å²) in [6, 6.07) is 6.66. The number of para-hydroxylation sites is 1. The van der Waals surface area contributed by atoms with Crippen molar-refractivity contribution >= 4 is 11.6 Å². The number of benzene rings is 1. The van der Waals surface area contributed by atoms with Crippen molar-refractivity contribution in [1.82, 2.24) is 10.6 Å². The van der Waals surface area contributed by atoms with E-state index in [4.69, 9.17) is 0 Å². The number of hydrogen-bond donors (Lipinski definition) is 2. The van der Waals surface area contributed by atoms with Gasteiger partial charge in [0.25, 0.3) is 5.69 Å². The molecule has 1 aromatic rings. The van der Waals surface area contributed by atoms with Gasteiger partial charge in [-0.3, -0.25) is 14.9 Å². The summed E-state index contributed by atoms with van der Waals surface area (Å²) in [5.74, 6) is 0.0186. The molecule has 17 heavy (non-hydrogen) atoms. The SMILES string of the molecule is O=C1CC(NCc2ccccc2[N+](=O)[O-])CN1. The highest BCUT2D eigenvalue weighted by Crippen LogP contribution is 2.17. The van der Waals surface area contributed by atoms with Crippen molar-refractivity contribution in [3.8, 4) is 0 Å². The summed E-state index contributed by atoms with van der Waals surface area (Å²) in [4.78, 5) is 21.4. The number of hydrogen-bond acceptors (Lipinski definition) is 4. The fourth-order valence-electron chi connectivity index (χ4n) is 1.84. The van der Waals surface area contributed by atoms with Crippen LogP contribution in [0, 0.1) is 10.1 Å². The monoisotopic (exact) mass is 235 g/mol. The van der Waals surface area contributed by atoms with Gasteiger partial charge in [-0.05, 0) is 0 Å². The molecule has 1 fully saturated rings. The van der Waals surface area contributed by atoms with Crippen LogP contribution in [0.5, 0.6) is 0 Å². The van der Waals surface area contributed by atoms with Crippen LogP contribution in [-0.4, -0.2) is 23.4 Å². The third kappa shape index (κ3) is 2.79. The van der Waals surface area contributed by atoms with Gasteiger partial charge in [-0.2, -0.15) is 0 Å². The minimum Gasteiger partial charge on any atom is -0.354 e. The number of nitro groups is 1. The number of amides is 1. The van der Waals surface area contributed by atoms with Crippen molar-refractivity contribution in [3.63, 3.8) is 0 Å². The van der Waals surface area contributed by atoms with Crippen LogP contribution in [0.25, 0.3) is 0 Å². The summed E-state index contributed by atoms with van der Waals surface area (Å²) in [7, 11) is 0. The Bertz CT molecular complexity index is 447. The van der Waals surface area contributed by atoms with E-state index in [1.54, 1.807) is 18.2 Å². The van der Waals surface area contributed by atoms with Crippen LogP contribution < -0.4 is 10.6 Å². The van der Waals surface area contributed by atoms with Crippen LogP contribution in [-0.2, 0) is 11.3 Å². The van der Waals surface area contributed by atoms with E-state index >= 15 is 0 Å². The molecule has 0 radical (unpaired) electrons. The first-order chi connectivity index (χ1) is 8.16. The Morgan fingerprint density at radius 1 is 1.47 bits per heavy atom. The number of carbonyl (C=O) groups is 1. The molecule has 2 N–H and O–H groups in total. The fourth-order valence-corrected chi connectivity index (χ4v) is 1.84. The summed E-state index contributed by atoms with van der Waals surface area (Å²) in [6.45, 7) is 0.982. The van der Waals surface area contributed by atoms with Gasteiger partial charge in [0, 0.05) is 37.2 Å². The first-order valence-corrected chi connectivity index (χ1v) is 5.39. The van der Waals surface area contributed by atoms with Gasteiger partial charge in [0.1, 0.15) is 0 Å². The highest BCUT2D eigenvalue weighted by atomic mass is 16.6. The molecule has 1 aromatic carbocycles. The number of nitrogens with zero attached hydrogens (tertiary/aromatic N) is 1. The molecule has 1 aliphatic heterocycles. The lowest BCUT2D eigenvalue weighted by atomic mass is 10.1. The average molecular weight is 235 g/mol. The third-order valence-corrected chi connectivity index (χ3v) is 2.75. The van der Waals surface area contributed by atoms with Crippen LogP contribution in [0.1, 0.15) is 12.0 Å². The summed E-state index contributed by atoms with van der Waals surface area (Å²) in [5.41, 5.74) is 0.745. The molecule has 0 aliphatic carbocycles. The normalized spacial score (nSPS) is 19.1. The fraction of sp³-hybridized carbons (Fsp3) is 0.364. The molecule has 1 aliphatic rings. The van der Waals surface area contributed by atoms with Crippen LogP contribution in [0.4, 0.5) is 5.69 Å². The van der Waals surface area contributed by atoms with Crippen molar-refractivity contribution in [2.24, 2.45) is 0 Å². The van der Waals surface area contributed by atoms with Crippen molar-refractivity contribution in [2.45, 2.75) is 19.0 Å². The third-order valence-electron chi connectivity index (χ3n) is 2.75. The Morgan fingerprint density at radius 2 is 2.24 bits per heavy atom. The van der Waals surface area contributed by atoms with Crippen LogP contribution in [0.2, 0.25) is 0 Å². The summed E-state index contributed by atoms with van der Waals surface area (Å²) in [6.07, 6.45) is 0.431. The van der Waals surface area contributed by atoms with Gasteiger partial charge in [-0.15, -0.1) is 0 Å². The molecular weight excluding hydrogens is 222 g/mol. The predicted octanol–water partition coefficient (Wildman–Crippen LogP) is 0.573. The van der Waals surface area contributed by atoms with Crippen molar-refractivity contribution in [1.29, 1.82) is 0 Å². The maximum absolute atomic E-state index is 11.0. The van der Waals surface area contributed by atoms with E-state index in [2.05, 4.69) is 10.6 Å². The Morgan fingerprint density at radius 3 is 2.88 bits per heavy atom. The molecule has 1 saturated heterocycles. The molecule has 0 spiro atoms. The molecule has 6 nitrogen and oxygen atoms in total. The van der Waals surface area contributed by atoms with Crippen LogP contribution >= 0.6 is 0 Å². The largest absolute Gasteiger partial charge is 0.354 e. The molecule has 1 amide bonds. The lowest BCUT2D eigenvalue weighted by molar-refractivity contribution is -0.385. The van der Waals surface area contributed by atoms with E-state index in [9.17, 15) is 14.9 Å². The second kappa shape index (κ2) is 4.92. The van der Waals surface area contributed by atoms with Gasteiger partial charge >= 0.3 is 0 Å². The number of carbonyl (C=O) groups excluding carboxylic acids is 1. The summed E-state index contributed by atoms with van der Waals surface area (Å²) in [5, 5.41) is 16.6. The zero-order valence-corrected chi connectivity index (χ0v) is 9.18. The van der Waals surface area contributed by atoms with Crippen molar-refractivity contribution < 1.29 is 9.72 Å². The number of rotatable bonds is 4. The highest BCUT2D eigenvalue weighted by molar-refractivity contribution is 5.78. The molecular formula is C11H13N3O3. The molecule has 90 valence electrons. The van der Waals surface area contributed by atoms with Gasteiger partial charge in [0.15, 0.2) is 0 Å². The van der Waals surface area contributed by atoms with Gasteiger partial charge < -0.3 is 10.6 Å². The zero-order chi connectivity index (χ0) is 12.3. The average Bonchev–Trinajstić information content (AvgIpc) is 2.73. The van der Waals surface area contributed by atoms with Crippen LogP contribution in [0.15, 0.2) is 24.3 Å². The minimum absolute atomic E-state index is 0.0186. The van der Waals surface area contributed by atoms with E-state index in [0.717, 1.165) is 0 Å². The highest BCUT2D eigenvalue weighted by Gasteiger charge is 2.21. The lowest BCUT2D eigenvalue weighted by Crippen LogP contribution is -2.30. The molecule has 0 bridgehead atoms. The number of nitro benzene ring substituents is 1. The van der Waals surface area contributed by atoms with Gasteiger partial charge in [0.2, 0.25) is 5.91 Å². The first-order valence-electron chi connectivity index (χ1n) is 5.39. The smallest absolute Gasteiger partial charge is 0.273 e. The Kier molecular flexibility index (Phi) is 3.34. The Balaban J connectivity index is 1.99. The van der Waals surface area contributed by atoms with Gasteiger partial charge in [0.05, 0.1) is 4.92 Å². The molecule has 2 rings (SSSR count). The molecule has 0 aromatic heterocycles. The van der Waals surface area contributed by atoms with Crippen molar-refractivity contribution in [2.75, 3.05) is 6.54 Å². The van der Waals surface area contributed by atoms with E-state index in [1.165, 1.54) is 6.07 Å². The molecule has 1 unspecified atom stereocenters. The summed E-state index contributed by atoms with van der Waals surface area (Å²) < 4.78 is 0. The summed E-state index contributed by atoms with van der Waals surface area (Å²) >= 11 is 0. The van der Waals surface area contributed by atoms with Gasteiger partial charge in [-0.25, -0.2) is 0 Å². The Hall–Kier alpha value is -1.95. The Labute approximate surface area is 98.2 Å². The maximum atomic E-state index is 11.0. The zero-order valence-electron chi connectivity index (χ0n) is 9.18. The minimum atomic E-state index is -0.394. The van der Waals surface area contributed by atoms with E-state index in [0.29, 0.717) is 25.1 Å². The van der Waals surface area contributed by atoms with E-state index in [-0.39, 0.29) is 17.6 Å². The van der Waals surface area contributed by atoms with Gasteiger partial charge in [-0.1, -0.05) is 18.2 Å². The standard InChI is InChI=1S/C11H13N3O3/c15-11-5-9(7-13-11)12-6-8-3-1-2-4-10(8)14(16)17/h1-4,9,12H,5-7H2,(H,13,15). The maximum Gasteiger partial charge on any atom is 0.273 e. The molecule has 6 heteroatoms.